The first kappa shape index (κ1) is 21.2. The zero-order valence-corrected chi connectivity index (χ0v) is 19.5. The van der Waals surface area contributed by atoms with Crippen LogP contribution >= 0.6 is 11.6 Å². The van der Waals surface area contributed by atoms with Gasteiger partial charge in [-0.05, 0) is 67.9 Å². The van der Waals surface area contributed by atoms with Gasteiger partial charge in [-0.2, -0.15) is 15.0 Å². The number of pyridine rings is 1. The van der Waals surface area contributed by atoms with Crippen molar-refractivity contribution in [3.05, 3.63) is 71.4 Å². The average molecular weight is 474 g/mol. The maximum Gasteiger partial charge on any atom is 0.256 e. The monoisotopic (exact) mass is 473 g/mol. The van der Waals surface area contributed by atoms with Gasteiger partial charge in [0.1, 0.15) is 5.52 Å². The van der Waals surface area contributed by atoms with Crippen molar-refractivity contribution in [2.75, 3.05) is 0 Å². The predicted octanol–water partition coefficient (Wildman–Crippen LogP) is 4.13. The molecule has 2 aliphatic heterocycles. The van der Waals surface area contributed by atoms with Crippen molar-refractivity contribution in [3.8, 4) is 5.69 Å². The summed E-state index contributed by atoms with van der Waals surface area (Å²) in [5.41, 5.74) is 3.53. The van der Waals surface area contributed by atoms with E-state index in [-0.39, 0.29) is 18.0 Å². The number of aromatic nitrogens is 6. The third-order valence-corrected chi connectivity index (χ3v) is 7.61. The zero-order chi connectivity index (χ0) is 23.2. The minimum Gasteiger partial charge on any atom is -0.332 e. The smallest absolute Gasteiger partial charge is 0.256 e. The molecule has 2 bridgehead atoms. The lowest BCUT2D eigenvalue weighted by molar-refractivity contribution is -0.0570. The summed E-state index contributed by atoms with van der Waals surface area (Å²) < 4.78 is 0. The number of aryl methyl sites for hydroxylation is 1. The van der Waals surface area contributed by atoms with Crippen LogP contribution in [0.3, 0.4) is 0 Å². The molecule has 2 atom stereocenters. The van der Waals surface area contributed by atoms with Crippen LogP contribution in [0.4, 0.5) is 0 Å². The van der Waals surface area contributed by atoms with Crippen molar-refractivity contribution in [1.82, 2.24) is 34.8 Å². The van der Waals surface area contributed by atoms with E-state index in [4.69, 9.17) is 16.6 Å². The molecule has 3 aromatic heterocycles. The molecule has 5 heterocycles. The summed E-state index contributed by atoms with van der Waals surface area (Å²) in [7, 11) is 0. The molecule has 3 fully saturated rings. The molecular formula is C25H24ClN7O. The number of nitrogens with zero attached hydrogens (tertiary/aromatic N) is 7. The van der Waals surface area contributed by atoms with Crippen LogP contribution < -0.4 is 0 Å². The van der Waals surface area contributed by atoms with Crippen molar-refractivity contribution < 1.29 is 4.79 Å². The van der Waals surface area contributed by atoms with Crippen molar-refractivity contribution in [3.63, 3.8) is 0 Å². The number of fused-ring (bicyclic) bond motifs is 3. The van der Waals surface area contributed by atoms with Crippen LogP contribution in [0.15, 0.2) is 55.1 Å². The number of amides is 1. The first-order valence-corrected chi connectivity index (χ1v) is 12.0. The van der Waals surface area contributed by atoms with Crippen molar-refractivity contribution in [2.45, 2.75) is 44.7 Å². The summed E-state index contributed by atoms with van der Waals surface area (Å²) in [6, 6.07) is 9.47. The van der Waals surface area contributed by atoms with E-state index in [9.17, 15) is 4.79 Å². The Morgan fingerprint density at radius 3 is 2.76 bits per heavy atom. The van der Waals surface area contributed by atoms with Crippen LogP contribution in [0.5, 0.6) is 0 Å². The maximum absolute atomic E-state index is 14.0. The van der Waals surface area contributed by atoms with E-state index in [1.54, 1.807) is 43.0 Å². The Hall–Kier alpha value is -3.39. The summed E-state index contributed by atoms with van der Waals surface area (Å²) in [4.78, 5) is 31.0. The van der Waals surface area contributed by atoms with Crippen LogP contribution in [-0.4, -0.2) is 52.8 Å². The van der Waals surface area contributed by atoms with Crippen LogP contribution in [0, 0.1) is 11.8 Å². The number of hydrogen-bond acceptors (Lipinski definition) is 6. The van der Waals surface area contributed by atoms with Gasteiger partial charge in [-0.25, -0.2) is 15.0 Å². The van der Waals surface area contributed by atoms with E-state index in [1.807, 2.05) is 12.1 Å². The Morgan fingerprint density at radius 2 is 1.94 bits per heavy atom. The summed E-state index contributed by atoms with van der Waals surface area (Å²) >= 11 is 6.32. The molecule has 1 unspecified atom stereocenters. The topological polar surface area (TPSA) is 89.7 Å². The van der Waals surface area contributed by atoms with Crippen LogP contribution in [0.2, 0.25) is 5.02 Å². The number of carbonyl (C=O) groups excluding carboxylic acids is 1. The number of benzene rings is 1. The molecule has 3 aliphatic rings. The fourth-order valence-corrected chi connectivity index (χ4v) is 5.66. The van der Waals surface area contributed by atoms with E-state index >= 15 is 0 Å². The second-order valence-electron chi connectivity index (χ2n) is 9.25. The Morgan fingerprint density at radius 1 is 1.12 bits per heavy atom. The molecule has 9 heteroatoms. The molecule has 172 valence electrons. The Bertz CT molecular complexity index is 1350. The summed E-state index contributed by atoms with van der Waals surface area (Å²) in [6.45, 7) is 2.27. The van der Waals surface area contributed by atoms with E-state index in [1.165, 1.54) is 4.80 Å². The summed E-state index contributed by atoms with van der Waals surface area (Å²) in [5.74, 6) is 1.07. The minimum absolute atomic E-state index is 0.0106. The van der Waals surface area contributed by atoms with Gasteiger partial charge >= 0.3 is 0 Å². The molecule has 4 aromatic rings. The number of hydrogen-bond donors (Lipinski definition) is 0. The minimum atomic E-state index is -0.0106. The molecule has 8 nitrogen and oxygen atoms in total. The highest BCUT2D eigenvalue weighted by molar-refractivity contribution is 6.31. The van der Waals surface area contributed by atoms with E-state index in [0.717, 1.165) is 36.9 Å². The van der Waals surface area contributed by atoms with Gasteiger partial charge in [0.2, 0.25) is 0 Å². The van der Waals surface area contributed by atoms with Crippen LogP contribution in [-0.2, 0) is 6.42 Å². The Balaban J connectivity index is 1.30. The zero-order valence-electron chi connectivity index (χ0n) is 18.8. The highest BCUT2D eigenvalue weighted by Gasteiger charge is 2.50. The Kier molecular flexibility index (Phi) is 5.25. The standard InChI is InChI=1S/C25H24ClN7O/c1-15-16-11-19(12-16)32(22(15)7-5-18-14-28-24-21(31-18)3-2-8-27-24)25(34)20-13-17(26)4-6-23(20)33-29-9-10-30-33/h2-4,6,8-10,13-16,19,22H,5,7,11-12H2,1H3/t15-,16?,19?,22?/m1/s1. The average Bonchev–Trinajstić information content (AvgIpc) is 3.36. The van der Waals surface area contributed by atoms with Crippen molar-refractivity contribution in [1.29, 1.82) is 0 Å². The molecule has 1 amide bonds. The van der Waals surface area contributed by atoms with Crippen molar-refractivity contribution >= 4 is 28.7 Å². The molecule has 0 spiro atoms. The molecule has 1 saturated carbocycles. The van der Waals surface area contributed by atoms with Gasteiger partial charge in [-0.15, -0.1) is 0 Å². The molecule has 1 aliphatic carbocycles. The van der Waals surface area contributed by atoms with Gasteiger partial charge < -0.3 is 4.90 Å². The van der Waals surface area contributed by atoms with Gasteiger partial charge in [0.25, 0.3) is 5.91 Å². The molecule has 1 aromatic carbocycles. The summed E-state index contributed by atoms with van der Waals surface area (Å²) in [6.07, 6.45) is 10.4. The SMILES string of the molecule is C[C@@H]1C2CC(C2)N(C(=O)c2cc(Cl)ccc2-n2nccn2)C1CCc1cnc2ncccc2n1. The summed E-state index contributed by atoms with van der Waals surface area (Å²) in [5, 5.41) is 9.00. The Labute approximate surface area is 202 Å². The van der Waals surface area contributed by atoms with Gasteiger partial charge in [0, 0.05) is 23.3 Å². The predicted molar refractivity (Wildman–Crippen MR) is 128 cm³/mol. The quantitative estimate of drug-likeness (QED) is 0.433. The first-order valence-electron chi connectivity index (χ1n) is 11.6. The number of halogens is 1. The largest absolute Gasteiger partial charge is 0.332 e. The fourth-order valence-electron chi connectivity index (χ4n) is 5.49. The lowest BCUT2D eigenvalue weighted by Crippen LogP contribution is -2.63. The van der Waals surface area contributed by atoms with Gasteiger partial charge in [0.05, 0.1) is 35.5 Å². The van der Waals surface area contributed by atoms with Crippen LogP contribution in [0.1, 0.15) is 42.2 Å². The third-order valence-electron chi connectivity index (χ3n) is 7.37. The number of carbonyl (C=O) groups is 1. The van der Waals surface area contributed by atoms with Crippen molar-refractivity contribution in [2.24, 2.45) is 11.8 Å². The first-order chi connectivity index (χ1) is 16.6. The molecule has 0 radical (unpaired) electrons. The van der Waals surface area contributed by atoms with E-state index < -0.39 is 0 Å². The molecule has 2 saturated heterocycles. The fraction of sp³-hybridized carbons (Fsp3) is 0.360. The van der Waals surface area contributed by atoms with Gasteiger partial charge in [0.15, 0.2) is 5.65 Å². The highest BCUT2D eigenvalue weighted by atomic mass is 35.5. The third kappa shape index (κ3) is 3.62. The lowest BCUT2D eigenvalue weighted by Gasteiger charge is -2.57. The maximum atomic E-state index is 14.0. The molecular weight excluding hydrogens is 450 g/mol. The second-order valence-corrected chi connectivity index (χ2v) is 9.69. The molecule has 0 N–H and O–H groups in total. The normalized spacial score (nSPS) is 23.6. The molecule has 34 heavy (non-hydrogen) atoms. The lowest BCUT2D eigenvalue weighted by atomic mass is 9.64. The number of rotatable bonds is 5. The second kappa shape index (κ2) is 8.43. The van der Waals surface area contributed by atoms with E-state index in [2.05, 4.69) is 32.0 Å². The number of piperidine rings is 2. The van der Waals surface area contributed by atoms with Gasteiger partial charge in [-0.3, -0.25) is 4.79 Å². The van der Waals surface area contributed by atoms with Gasteiger partial charge in [-0.1, -0.05) is 18.5 Å². The van der Waals surface area contributed by atoms with Crippen LogP contribution in [0.25, 0.3) is 16.9 Å². The highest BCUT2D eigenvalue weighted by Crippen LogP contribution is 2.48. The molecule has 7 rings (SSSR count). The van der Waals surface area contributed by atoms with E-state index in [0.29, 0.717) is 33.8 Å².